The molecule has 0 N–H and O–H groups in total. The summed E-state index contributed by atoms with van der Waals surface area (Å²) in [5, 5.41) is 0. The van der Waals surface area contributed by atoms with E-state index in [4.69, 9.17) is 9.47 Å². The Morgan fingerprint density at radius 2 is 1.95 bits per heavy atom. The standard InChI is InChI=1S/C14H18BrNO3/c1-18-12-4-2-3-5-13(12)19-10-14(17)16-8-6-11(15)7-9-16/h2-5,11H,6-10H2,1H3. The lowest BCUT2D eigenvalue weighted by molar-refractivity contribution is -0.134. The van der Waals surface area contributed by atoms with Gasteiger partial charge in [-0.3, -0.25) is 4.79 Å². The first-order valence-corrected chi connectivity index (χ1v) is 7.30. The van der Waals surface area contributed by atoms with E-state index >= 15 is 0 Å². The lowest BCUT2D eigenvalue weighted by Gasteiger charge is -2.29. The molecule has 1 fully saturated rings. The second-order valence-electron chi connectivity index (χ2n) is 4.49. The number of ether oxygens (including phenoxy) is 2. The van der Waals surface area contributed by atoms with Crippen LogP contribution in [0.3, 0.4) is 0 Å². The summed E-state index contributed by atoms with van der Waals surface area (Å²) < 4.78 is 10.7. The van der Waals surface area contributed by atoms with Gasteiger partial charge >= 0.3 is 0 Å². The van der Waals surface area contributed by atoms with Gasteiger partial charge in [-0.1, -0.05) is 28.1 Å². The van der Waals surface area contributed by atoms with E-state index in [2.05, 4.69) is 15.9 Å². The van der Waals surface area contributed by atoms with Crippen molar-refractivity contribution < 1.29 is 14.3 Å². The van der Waals surface area contributed by atoms with Gasteiger partial charge in [-0.25, -0.2) is 0 Å². The lowest BCUT2D eigenvalue weighted by Crippen LogP contribution is -2.41. The van der Waals surface area contributed by atoms with Gasteiger partial charge in [0.15, 0.2) is 18.1 Å². The van der Waals surface area contributed by atoms with Crippen molar-refractivity contribution in [2.45, 2.75) is 17.7 Å². The van der Waals surface area contributed by atoms with Crippen molar-refractivity contribution in [3.05, 3.63) is 24.3 Å². The van der Waals surface area contributed by atoms with Gasteiger partial charge in [-0.2, -0.15) is 0 Å². The highest BCUT2D eigenvalue weighted by Crippen LogP contribution is 2.26. The summed E-state index contributed by atoms with van der Waals surface area (Å²) in [4.78, 5) is 14.4. The number of carbonyl (C=O) groups excluding carboxylic acids is 1. The van der Waals surface area contributed by atoms with Crippen LogP contribution in [0.1, 0.15) is 12.8 Å². The van der Waals surface area contributed by atoms with Crippen molar-refractivity contribution in [1.29, 1.82) is 0 Å². The molecule has 1 heterocycles. The minimum absolute atomic E-state index is 0.0327. The zero-order valence-corrected chi connectivity index (χ0v) is 12.6. The molecule has 1 amide bonds. The van der Waals surface area contributed by atoms with E-state index in [0.717, 1.165) is 25.9 Å². The maximum Gasteiger partial charge on any atom is 0.260 e. The summed E-state index contributed by atoms with van der Waals surface area (Å²) in [6.07, 6.45) is 2.00. The quantitative estimate of drug-likeness (QED) is 0.797. The second-order valence-corrected chi connectivity index (χ2v) is 5.79. The molecule has 0 atom stereocenters. The number of amides is 1. The van der Waals surface area contributed by atoms with Gasteiger partial charge < -0.3 is 14.4 Å². The molecular weight excluding hydrogens is 310 g/mol. The fourth-order valence-electron chi connectivity index (χ4n) is 2.07. The van der Waals surface area contributed by atoms with Gasteiger partial charge in [0.25, 0.3) is 5.91 Å². The fraction of sp³-hybridized carbons (Fsp3) is 0.500. The predicted molar refractivity (Wildman–Crippen MR) is 77.0 cm³/mol. The van der Waals surface area contributed by atoms with Gasteiger partial charge in [0.1, 0.15) is 0 Å². The molecule has 5 heteroatoms. The lowest BCUT2D eigenvalue weighted by atomic mass is 10.1. The van der Waals surface area contributed by atoms with Crippen LogP contribution in [-0.4, -0.2) is 42.4 Å². The molecule has 1 saturated heterocycles. The Hall–Kier alpha value is -1.23. The molecule has 4 nitrogen and oxygen atoms in total. The summed E-state index contributed by atoms with van der Waals surface area (Å²) in [6, 6.07) is 7.35. The zero-order chi connectivity index (χ0) is 13.7. The van der Waals surface area contributed by atoms with E-state index in [9.17, 15) is 4.79 Å². The molecule has 1 aromatic carbocycles. The molecule has 0 radical (unpaired) electrons. The Labute approximate surface area is 121 Å². The molecule has 1 aliphatic rings. The zero-order valence-electron chi connectivity index (χ0n) is 11.0. The molecule has 19 heavy (non-hydrogen) atoms. The number of carbonyl (C=O) groups is 1. The van der Waals surface area contributed by atoms with E-state index in [-0.39, 0.29) is 12.5 Å². The van der Waals surface area contributed by atoms with Gasteiger partial charge in [-0.15, -0.1) is 0 Å². The smallest absolute Gasteiger partial charge is 0.260 e. The third-order valence-electron chi connectivity index (χ3n) is 3.20. The summed E-state index contributed by atoms with van der Waals surface area (Å²) in [5.41, 5.74) is 0. The van der Waals surface area contributed by atoms with Gasteiger partial charge in [0.2, 0.25) is 0 Å². The minimum atomic E-state index is 0.0327. The Bertz CT molecular complexity index is 430. The third kappa shape index (κ3) is 3.86. The normalized spacial score (nSPS) is 16.2. The molecule has 0 aliphatic carbocycles. The molecule has 0 spiro atoms. The monoisotopic (exact) mass is 327 g/mol. The van der Waals surface area contributed by atoms with Gasteiger partial charge in [0.05, 0.1) is 7.11 Å². The minimum Gasteiger partial charge on any atom is -0.493 e. The number of hydrogen-bond acceptors (Lipinski definition) is 3. The second kappa shape index (κ2) is 6.80. The van der Waals surface area contributed by atoms with Crippen LogP contribution in [0.15, 0.2) is 24.3 Å². The predicted octanol–water partition coefficient (Wildman–Crippen LogP) is 2.46. The average molecular weight is 328 g/mol. The molecule has 0 aromatic heterocycles. The van der Waals surface area contributed by atoms with Crippen molar-refractivity contribution >= 4 is 21.8 Å². The number of rotatable bonds is 4. The van der Waals surface area contributed by atoms with Crippen LogP contribution in [0.25, 0.3) is 0 Å². The Morgan fingerprint density at radius 3 is 2.58 bits per heavy atom. The number of likely N-dealkylation sites (tertiary alicyclic amines) is 1. The maximum absolute atomic E-state index is 12.0. The van der Waals surface area contributed by atoms with Crippen LogP contribution in [0.4, 0.5) is 0 Å². The first-order chi connectivity index (χ1) is 9.20. The SMILES string of the molecule is COc1ccccc1OCC(=O)N1CCC(Br)CC1. The number of piperidine rings is 1. The molecule has 1 aromatic rings. The first kappa shape index (κ1) is 14.2. The van der Waals surface area contributed by atoms with Crippen molar-refractivity contribution in [2.75, 3.05) is 26.8 Å². The summed E-state index contributed by atoms with van der Waals surface area (Å²) in [6.45, 7) is 1.65. The fourth-order valence-corrected chi connectivity index (χ4v) is 2.48. The summed E-state index contributed by atoms with van der Waals surface area (Å²) >= 11 is 3.57. The Morgan fingerprint density at radius 1 is 1.32 bits per heavy atom. The van der Waals surface area contributed by atoms with Crippen molar-refractivity contribution in [3.8, 4) is 11.5 Å². The molecule has 2 rings (SSSR count). The van der Waals surface area contributed by atoms with E-state index in [0.29, 0.717) is 16.3 Å². The molecular formula is C14H18BrNO3. The highest BCUT2D eigenvalue weighted by Gasteiger charge is 2.21. The van der Waals surface area contributed by atoms with E-state index in [1.165, 1.54) is 0 Å². The molecule has 0 unspecified atom stereocenters. The van der Waals surface area contributed by atoms with E-state index in [1.807, 2.05) is 23.1 Å². The Kier molecular flexibility index (Phi) is 5.07. The largest absolute Gasteiger partial charge is 0.493 e. The van der Waals surface area contributed by atoms with Gasteiger partial charge in [0, 0.05) is 17.9 Å². The molecule has 0 bridgehead atoms. The number of alkyl halides is 1. The summed E-state index contributed by atoms with van der Waals surface area (Å²) in [7, 11) is 1.59. The van der Waals surface area contributed by atoms with E-state index in [1.54, 1.807) is 13.2 Å². The van der Waals surface area contributed by atoms with Crippen LogP contribution in [0.2, 0.25) is 0 Å². The topological polar surface area (TPSA) is 38.8 Å². The van der Waals surface area contributed by atoms with Crippen LogP contribution >= 0.6 is 15.9 Å². The molecule has 1 aliphatic heterocycles. The third-order valence-corrected chi connectivity index (χ3v) is 4.11. The maximum atomic E-state index is 12.0. The number of nitrogens with zero attached hydrogens (tertiary/aromatic N) is 1. The van der Waals surface area contributed by atoms with E-state index < -0.39 is 0 Å². The van der Waals surface area contributed by atoms with Crippen molar-refractivity contribution in [1.82, 2.24) is 4.90 Å². The van der Waals surface area contributed by atoms with Gasteiger partial charge in [-0.05, 0) is 25.0 Å². The number of benzene rings is 1. The summed E-state index contributed by atoms with van der Waals surface area (Å²) in [5.74, 6) is 1.29. The van der Waals surface area contributed by atoms with Crippen LogP contribution < -0.4 is 9.47 Å². The van der Waals surface area contributed by atoms with Crippen LogP contribution in [-0.2, 0) is 4.79 Å². The molecule has 0 saturated carbocycles. The highest BCUT2D eigenvalue weighted by atomic mass is 79.9. The number of para-hydroxylation sites is 2. The van der Waals surface area contributed by atoms with Crippen LogP contribution in [0.5, 0.6) is 11.5 Å². The first-order valence-electron chi connectivity index (χ1n) is 6.38. The highest BCUT2D eigenvalue weighted by molar-refractivity contribution is 9.09. The van der Waals surface area contributed by atoms with Crippen molar-refractivity contribution in [2.24, 2.45) is 0 Å². The number of methoxy groups -OCH3 is 1. The van der Waals surface area contributed by atoms with Crippen LogP contribution in [0, 0.1) is 0 Å². The number of halogens is 1. The van der Waals surface area contributed by atoms with Crippen molar-refractivity contribution in [3.63, 3.8) is 0 Å². The Balaban J connectivity index is 1.86. The number of hydrogen-bond donors (Lipinski definition) is 0. The average Bonchev–Trinajstić information content (AvgIpc) is 2.45. The molecule has 104 valence electrons.